The summed E-state index contributed by atoms with van der Waals surface area (Å²) < 4.78 is 16.7. The second kappa shape index (κ2) is 7.02. The van der Waals surface area contributed by atoms with E-state index in [1.807, 2.05) is 60.7 Å². The van der Waals surface area contributed by atoms with Crippen LogP contribution < -0.4 is 5.32 Å². The van der Waals surface area contributed by atoms with Crippen LogP contribution in [0.5, 0.6) is 0 Å². The van der Waals surface area contributed by atoms with Gasteiger partial charge in [0.2, 0.25) is 0 Å². The Hall–Kier alpha value is -2.30. The van der Waals surface area contributed by atoms with Gasteiger partial charge in [-0.1, -0.05) is 47.5 Å². The predicted octanol–water partition coefficient (Wildman–Crippen LogP) is 6.95. The lowest BCUT2D eigenvalue weighted by molar-refractivity contribution is 0.591. The molecule has 0 unspecified atom stereocenters. The number of halogens is 3. The van der Waals surface area contributed by atoms with E-state index in [2.05, 4.69) is 10.3 Å². The van der Waals surface area contributed by atoms with Gasteiger partial charge in [0.15, 0.2) is 0 Å². The smallest absolute Gasteiger partial charge is 0.143 e. The van der Waals surface area contributed by atoms with Crippen LogP contribution in [0.3, 0.4) is 0 Å². The lowest BCUT2D eigenvalue weighted by atomic mass is 10.0. The average molecular weight is 402 g/mol. The molecular weight excluding hydrogens is 384 g/mol. The van der Waals surface area contributed by atoms with Crippen molar-refractivity contribution in [3.63, 3.8) is 0 Å². The van der Waals surface area contributed by atoms with Crippen molar-refractivity contribution in [2.24, 2.45) is 0 Å². The Morgan fingerprint density at radius 3 is 2.63 bits per heavy atom. The summed E-state index contributed by atoms with van der Waals surface area (Å²) in [7, 11) is 0. The van der Waals surface area contributed by atoms with Crippen LogP contribution in [0.4, 0.5) is 15.9 Å². The fourth-order valence-corrected chi connectivity index (χ4v) is 3.95. The minimum absolute atomic E-state index is 0.248. The van der Waals surface area contributed by atoms with Crippen LogP contribution in [0, 0.1) is 13.8 Å². The van der Waals surface area contributed by atoms with E-state index >= 15 is 0 Å². The van der Waals surface area contributed by atoms with Crippen molar-refractivity contribution in [2.75, 3.05) is 5.32 Å². The monoisotopic (exact) mass is 401 g/mol. The summed E-state index contributed by atoms with van der Waals surface area (Å²) in [5.41, 5.74) is 4.27. The van der Waals surface area contributed by atoms with E-state index in [1.165, 1.54) is 0 Å². The minimum Gasteiger partial charge on any atom is -0.338 e. The molecule has 0 radical (unpaired) electrons. The number of pyridine rings is 1. The maximum atomic E-state index is 14.7. The predicted molar refractivity (Wildman–Crippen MR) is 111 cm³/mol. The van der Waals surface area contributed by atoms with Crippen LogP contribution >= 0.6 is 23.2 Å². The summed E-state index contributed by atoms with van der Waals surface area (Å²) in [6, 6.07) is 11.5. The number of rotatable bonds is 3. The molecule has 0 spiro atoms. The number of allylic oxidation sites excluding steroid dienone is 4. The summed E-state index contributed by atoms with van der Waals surface area (Å²) >= 11 is 12.8. The molecule has 0 aliphatic heterocycles. The van der Waals surface area contributed by atoms with Gasteiger partial charge in [-0.15, -0.1) is 0 Å². The summed E-state index contributed by atoms with van der Waals surface area (Å²) in [5, 5.41) is 4.37. The van der Waals surface area contributed by atoms with Crippen molar-refractivity contribution < 1.29 is 4.39 Å². The van der Waals surface area contributed by atoms with E-state index in [9.17, 15) is 4.39 Å². The third-order valence-electron chi connectivity index (χ3n) is 4.74. The highest BCUT2D eigenvalue weighted by Gasteiger charge is 2.25. The Morgan fingerprint density at radius 2 is 1.89 bits per heavy atom. The number of aromatic nitrogens is 2. The number of nitrogens with one attached hydrogen (secondary N) is 1. The molecule has 1 aliphatic carbocycles. The van der Waals surface area contributed by atoms with Crippen molar-refractivity contribution in [3.05, 3.63) is 75.3 Å². The maximum Gasteiger partial charge on any atom is 0.143 e. The topological polar surface area (TPSA) is 29.3 Å². The van der Waals surface area contributed by atoms with Crippen molar-refractivity contribution >= 4 is 45.9 Å². The largest absolute Gasteiger partial charge is 0.338 e. The second-order valence-electron chi connectivity index (χ2n) is 6.60. The number of hydrogen-bond donors (Lipinski definition) is 1. The highest BCUT2D eigenvalue weighted by molar-refractivity contribution is 6.37. The van der Waals surface area contributed by atoms with E-state index in [4.69, 9.17) is 23.2 Å². The molecule has 0 fully saturated rings. The van der Waals surface area contributed by atoms with Gasteiger partial charge in [0.25, 0.3) is 0 Å². The highest BCUT2D eigenvalue weighted by Crippen LogP contribution is 2.41. The van der Waals surface area contributed by atoms with Crippen molar-refractivity contribution in [1.29, 1.82) is 0 Å². The number of anilines is 2. The number of fused-ring (bicyclic) bond motifs is 1. The van der Waals surface area contributed by atoms with Gasteiger partial charge >= 0.3 is 0 Å². The molecule has 0 bridgehead atoms. The molecule has 2 heterocycles. The van der Waals surface area contributed by atoms with Crippen LogP contribution in [0.2, 0.25) is 5.02 Å². The molecule has 0 saturated carbocycles. The standard InChI is InChI=1S/C21H18Cl2FN3/c1-12-6-3-9-15(23)19(12)26-21-20(18-14(22)8-5-10-16(18)24)25-17-11-4-7-13(2)27(17)21/h3-4,6-9,11,26H,5,10H2,1-2H3. The molecule has 2 aromatic heterocycles. The van der Waals surface area contributed by atoms with Crippen LogP contribution in [0.1, 0.15) is 29.8 Å². The molecule has 0 amide bonds. The molecule has 0 saturated heterocycles. The summed E-state index contributed by atoms with van der Waals surface area (Å²) in [4.78, 5) is 4.69. The van der Waals surface area contributed by atoms with Gasteiger partial charge in [-0.3, -0.25) is 4.40 Å². The lowest BCUT2D eigenvalue weighted by Gasteiger charge is -2.16. The fourth-order valence-electron chi connectivity index (χ4n) is 3.38. The number of benzene rings is 1. The zero-order valence-corrected chi connectivity index (χ0v) is 16.5. The highest BCUT2D eigenvalue weighted by atomic mass is 35.5. The quantitative estimate of drug-likeness (QED) is 0.514. The Kier molecular flexibility index (Phi) is 4.70. The third kappa shape index (κ3) is 3.13. The molecule has 1 aromatic carbocycles. The molecule has 1 aliphatic rings. The molecule has 1 N–H and O–H groups in total. The minimum atomic E-state index is -0.248. The first kappa shape index (κ1) is 18.1. The summed E-state index contributed by atoms with van der Waals surface area (Å²) in [5.74, 6) is 0.403. The lowest BCUT2D eigenvalue weighted by Crippen LogP contribution is -2.04. The zero-order valence-electron chi connectivity index (χ0n) is 15.0. The van der Waals surface area contributed by atoms with E-state index < -0.39 is 0 Å². The maximum absolute atomic E-state index is 14.7. The van der Waals surface area contributed by atoms with Crippen LogP contribution in [0.15, 0.2) is 53.3 Å². The van der Waals surface area contributed by atoms with Gasteiger partial charge in [0.05, 0.1) is 16.3 Å². The van der Waals surface area contributed by atoms with Crippen molar-refractivity contribution in [3.8, 4) is 0 Å². The molecule has 138 valence electrons. The summed E-state index contributed by atoms with van der Waals surface area (Å²) in [6.45, 7) is 3.95. The van der Waals surface area contributed by atoms with Gasteiger partial charge in [-0.2, -0.15) is 0 Å². The Labute approximate surface area is 167 Å². The summed E-state index contributed by atoms with van der Waals surface area (Å²) in [6.07, 6.45) is 2.75. The van der Waals surface area contributed by atoms with Gasteiger partial charge in [-0.25, -0.2) is 9.37 Å². The van der Waals surface area contributed by atoms with Crippen LogP contribution in [-0.2, 0) is 0 Å². The first-order valence-electron chi connectivity index (χ1n) is 8.72. The molecule has 3 aromatic rings. The molecular formula is C21H18Cl2FN3. The molecule has 4 rings (SSSR count). The number of para-hydroxylation sites is 1. The first-order valence-corrected chi connectivity index (χ1v) is 9.48. The Bertz CT molecular complexity index is 1090. The average Bonchev–Trinajstić information content (AvgIpc) is 2.97. The van der Waals surface area contributed by atoms with E-state index in [0.717, 1.165) is 16.9 Å². The number of imidazole rings is 1. The van der Waals surface area contributed by atoms with E-state index in [1.54, 1.807) is 0 Å². The van der Waals surface area contributed by atoms with Crippen molar-refractivity contribution in [2.45, 2.75) is 26.7 Å². The van der Waals surface area contributed by atoms with Gasteiger partial charge in [0.1, 0.15) is 23.0 Å². The van der Waals surface area contributed by atoms with Gasteiger partial charge < -0.3 is 5.32 Å². The molecule has 0 atom stereocenters. The number of nitrogens with zero attached hydrogens (tertiary/aromatic N) is 2. The number of hydrogen-bond acceptors (Lipinski definition) is 2. The molecule has 3 nitrogen and oxygen atoms in total. The van der Waals surface area contributed by atoms with Crippen LogP contribution in [0.25, 0.3) is 11.2 Å². The Morgan fingerprint density at radius 1 is 1.11 bits per heavy atom. The normalized spacial score (nSPS) is 14.6. The fraction of sp³-hybridized carbons (Fsp3) is 0.190. The number of aryl methyl sites for hydroxylation is 2. The Balaban J connectivity index is 2.00. The third-order valence-corrected chi connectivity index (χ3v) is 5.40. The first-order chi connectivity index (χ1) is 13.0. The second-order valence-corrected chi connectivity index (χ2v) is 7.41. The molecule has 6 heteroatoms. The molecule has 27 heavy (non-hydrogen) atoms. The zero-order chi connectivity index (χ0) is 19.1. The SMILES string of the molecule is Cc1cccc(Cl)c1Nc1c(C2=C(F)CCC=C2Cl)nc2cccc(C)n12. The van der Waals surface area contributed by atoms with E-state index in [-0.39, 0.29) is 5.83 Å². The van der Waals surface area contributed by atoms with Crippen LogP contribution in [-0.4, -0.2) is 9.38 Å². The van der Waals surface area contributed by atoms with Gasteiger partial charge in [0, 0.05) is 17.1 Å². The van der Waals surface area contributed by atoms with Crippen molar-refractivity contribution in [1.82, 2.24) is 9.38 Å². The van der Waals surface area contributed by atoms with Gasteiger partial charge in [-0.05, 0) is 44.0 Å². The van der Waals surface area contributed by atoms with E-state index in [0.29, 0.717) is 45.6 Å².